The molecule has 0 N–H and O–H groups in total. The second-order valence-corrected chi connectivity index (χ2v) is 8.49. The van der Waals surface area contributed by atoms with E-state index in [1.54, 1.807) is 7.11 Å². The van der Waals surface area contributed by atoms with Gasteiger partial charge in [-0.3, -0.25) is 4.79 Å². The number of nitrogens with zero attached hydrogens (tertiary/aromatic N) is 3. The molecule has 0 saturated carbocycles. The van der Waals surface area contributed by atoms with Gasteiger partial charge in [0.05, 0.1) is 12.1 Å². The number of hydrogen-bond acceptors (Lipinski definition) is 5. The molecule has 2 heterocycles. The van der Waals surface area contributed by atoms with Crippen molar-refractivity contribution in [1.82, 2.24) is 10.1 Å². The molecule has 0 bridgehead atoms. The summed E-state index contributed by atoms with van der Waals surface area (Å²) < 4.78 is 11.1. The average Bonchev–Trinajstić information content (AvgIpc) is 3.17. The van der Waals surface area contributed by atoms with Crippen LogP contribution in [0.2, 0.25) is 0 Å². The van der Waals surface area contributed by atoms with Crippen LogP contribution in [0.3, 0.4) is 0 Å². The van der Waals surface area contributed by atoms with Crippen molar-refractivity contribution in [1.29, 1.82) is 0 Å². The molecular formula is C24H35N3O3. The van der Waals surface area contributed by atoms with Gasteiger partial charge in [0.15, 0.2) is 0 Å². The number of amides is 1. The van der Waals surface area contributed by atoms with Gasteiger partial charge in [-0.05, 0) is 31.6 Å². The summed E-state index contributed by atoms with van der Waals surface area (Å²) in [6, 6.07) is 10.1. The zero-order chi connectivity index (χ0) is 21.3. The molecule has 30 heavy (non-hydrogen) atoms. The number of methoxy groups -OCH3 is 1. The van der Waals surface area contributed by atoms with E-state index in [2.05, 4.69) is 23.9 Å². The molecule has 1 aromatic carbocycles. The largest absolute Gasteiger partial charge is 0.385 e. The number of anilines is 1. The van der Waals surface area contributed by atoms with E-state index >= 15 is 0 Å². The Hall–Kier alpha value is -2.34. The highest BCUT2D eigenvalue weighted by Gasteiger charge is 2.27. The third-order valence-electron chi connectivity index (χ3n) is 5.52. The summed E-state index contributed by atoms with van der Waals surface area (Å²) in [6.07, 6.45) is 4.92. The molecule has 1 amide bonds. The molecule has 0 atom stereocenters. The van der Waals surface area contributed by atoms with E-state index in [0.29, 0.717) is 32.0 Å². The number of piperidine rings is 1. The maximum atomic E-state index is 13.0. The first kappa shape index (κ1) is 22.3. The van der Waals surface area contributed by atoms with Gasteiger partial charge in [-0.1, -0.05) is 49.3 Å². The molecule has 1 aliphatic heterocycles. The maximum Gasteiger partial charge on any atom is 0.232 e. The van der Waals surface area contributed by atoms with Crippen molar-refractivity contribution in [2.45, 2.75) is 52.5 Å². The van der Waals surface area contributed by atoms with Crippen molar-refractivity contribution in [3.63, 3.8) is 0 Å². The van der Waals surface area contributed by atoms with Crippen LogP contribution in [-0.4, -0.2) is 49.3 Å². The Morgan fingerprint density at radius 1 is 1.20 bits per heavy atom. The lowest BCUT2D eigenvalue weighted by molar-refractivity contribution is -0.132. The summed E-state index contributed by atoms with van der Waals surface area (Å²) in [6.45, 7) is 7.92. The Morgan fingerprint density at radius 3 is 2.60 bits per heavy atom. The van der Waals surface area contributed by atoms with E-state index in [-0.39, 0.29) is 5.91 Å². The van der Waals surface area contributed by atoms with E-state index in [1.165, 1.54) is 6.42 Å². The van der Waals surface area contributed by atoms with E-state index < -0.39 is 0 Å². The van der Waals surface area contributed by atoms with Gasteiger partial charge in [-0.2, -0.15) is 0 Å². The van der Waals surface area contributed by atoms with Gasteiger partial charge < -0.3 is 19.1 Å². The molecule has 2 aromatic rings. The number of carbonyl (C=O) groups excluding carboxylic acids is 1. The number of ether oxygens (including phenoxy) is 1. The maximum absolute atomic E-state index is 13.0. The van der Waals surface area contributed by atoms with Crippen molar-refractivity contribution in [3.8, 4) is 11.3 Å². The minimum absolute atomic E-state index is 0.172. The number of benzene rings is 1. The van der Waals surface area contributed by atoms with Gasteiger partial charge in [-0.15, -0.1) is 0 Å². The van der Waals surface area contributed by atoms with Crippen molar-refractivity contribution in [2.24, 2.45) is 5.92 Å². The van der Waals surface area contributed by atoms with Gasteiger partial charge in [0.2, 0.25) is 11.8 Å². The van der Waals surface area contributed by atoms with E-state index in [9.17, 15) is 4.79 Å². The smallest absolute Gasteiger partial charge is 0.232 e. The summed E-state index contributed by atoms with van der Waals surface area (Å²) >= 11 is 0. The lowest BCUT2D eigenvalue weighted by Gasteiger charge is -2.28. The fourth-order valence-corrected chi connectivity index (χ4v) is 3.97. The number of carbonyl (C=O) groups is 1. The molecule has 164 valence electrons. The van der Waals surface area contributed by atoms with E-state index in [4.69, 9.17) is 9.26 Å². The molecule has 1 saturated heterocycles. The Balaban J connectivity index is 1.92. The molecule has 6 nitrogen and oxygen atoms in total. The first-order valence-corrected chi connectivity index (χ1v) is 11.2. The molecule has 3 rings (SSSR count). The fourth-order valence-electron chi connectivity index (χ4n) is 3.97. The van der Waals surface area contributed by atoms with Gasteiger partial charge in [-0.25, -0.2) is 0 Å². The van der Waals surface area contributed by atoms with Gasteiger partial charge >= 0.3 is 0 Å². The predicted octanol–water partition coefficient (Wildman–Crippen LogP) is 4.74. The second-order valence-electron chi connectivity index (χ2n) is 8.49. The molecular weight excluding hydrogens is 378 g/mol. The highest BCUT2D eigenvalue weighted by molar-refractivity contribution is 5.77. The molecule has 1 fully saturated rings. The van der Waals surface area contributed by atoms with Crippen molar-refractivity contribution in [3.05, 3.63) is 35.9 Å². The second kappa shape index (κ2) is 11.2. The third-order valence-corrected chi connectivity index (χ3v) is 5.52. The molecule has 0 spiro atoms. The van der Waals surface area contributed by atoms with Crippen LogP contribution in [0, 0.1) is 5.92 Å². The fraction of sp³-hybridized carbons (Fsp3) is 0.583. The van der Waals surface area contributed by atoms with Crippen molar-refractivity contribution in [2.75, 3.05) is 38.3 Å². The van der Waals surface area contributed by atoms with Gasteiger partial charge in [0.1, 0.15) is 5.69 Å². The zero-order valence-corrected chi connectivity index (χ0v) is 18.6. The summed E-state index contributed by atoms with van der Waals surface area (Å²) in [5.74, 6) is 1.31. The van der Waals surface area contributed by atoms with Crippen LogP contribution in [0.5, 0.6) is 0 Å². The highest BCUT2D eigenvalue weighted by atomic mass is 16.5. The lowest BCUT2D eigenvalue weighted by atomic mass is 10.0. The molecule has 6 heteroatoms. The van der Waals surface area contributed by atoms with Crippen LogP contribution >= 0.6 is 0 Å². The van der Waals surface area contributed by atoms with Crippen molar-refractivity contribution < 1.29 is 14.1 Å². The van der Waals surface area contributed by atoms with Crippen LogP contribution in [0.25, 0.3) is 11.3 Å². The minimum Gasteiger partial charge on any atom is -0.385 e. The van der Waals surface area contributed by atoms with Crippen LogP contribution in [0.15, 0.2) is 34.9 Å². The quantitative estimate of drug-likeness (QED) is 0.527. The number of hydrogen-bond donors (Lipinski definition) is 0. The highest BCUT2D eigenvalue weighted by Crippen LogP contribution is 2.34. The number of aromatic nitrogens is 1. The Morgan fingerprint density at radius 2 is 1.93 bits per heavy atom. The Labute approximate surface area is 180 Å². The molecule has 1 aliphatic rings. The van der Waals surface area contributed by atoms with Gasteiger partial charge in [0.25, 0.3) is 0 Å². The monoisotopic (exact) mass is 413 g/mol. The van der Waals surface area contributed by atoms with Crippen LogP contribution in [0.1, 0.15) is 51.5 Å². The molecule has 0 radical (unpaired) electrons. The Kier molecular flexibility index (Phi) is 8.31. The summed E-state index contributed by atoms with van der Waals surface area (Å²) in [7, 11) is 1.70. The first-order chi connectivity index (χ1) is 14.6. The SMILES string of the molecule is COCCCN(Cc1c(-c2ccccc2)noc1N1CCCCC1)C(=O)CC(C)C. The summed E-state index contributed by atoms with van der Waals surface area (Å²) in [4.78, 5) is 17.3. The van der Waals surface area contributed by atoms with Gasteiger partial charge in [0, 0.05) is 45.3 Å². The topological polar surface area (TPSA) is 58.8 Å². The normalized spacial score (nSPS) is 14.3. The zero-order valence-electron chi connectivity index (χ0n) is 18.6. The Bertz CT molecular complexity index is 782. The number of rotatable bonds is 10. The summed E-state index contributed by atoms with van der Waals surface area (Å²) in [5.41, 5.74) is 2.87. The van der Waals surface area contributed by atoms with Crippen LogP contribution < -0.4 is 4.90 Å². The van der Waals surface area contributed by atoms with E-state index in [0.717, 1.165) is 55.1 Å². The van der Waals surface area contributed by atoms with E-state index in [1.807, 2.05) is 35.2 Å². The van der Waals surface area contributed by atoms with Crippen LogP contribution in [-0.2, 0) is 16.1 Å². The summed E-state index contributed by atoms with van der Waals surface area (Å²) in [5, 5.41) is 4.45. The average molecular weight is 414 g/mol. The standard InChI is InChI=1S/C24H35N3O3/c1-19(2)17-22(28)27(15-10-16-29-3)18-21-23(20-11-6-4-7-12-20)25-30-24(21)26-13-8-5-9-14-26/h4,6-7,11-12,19H,5,8-10,13-18H2,1-3H3. The lowest BCUT2D eigenvalue weighted by Crippen LogP contribution is -2.34. The third kappa shape index (κ3) is 5.85. The first-order valence-electron chi connectivity index (χ1n) is 11.2. The predicted molar refractivity (Wildman–Crippen MR) is 119 cm³/mol. The van der Waals surface area contributed by atoms with Crippen molar-refractivity contribution >= 4 is 11.8 Å². The molecule has 0 aliphatic carbocycles. The molecule has 1 aromatic heterocycles. The van der Waals surface area contributed by atoms with Crippen LogP contribution in [0.4, 0.5) is 5.88 Å². The molecule has 0 unspecified atom stereocenters. The minimum atomic E-state index is 0.172.